The van der Waals surface area contributed by atoms with Crippen LogP contribution in [0.15, 0.2) is 24.3 Å². The Balaban J connectivity index is 1.73. The third-order valence-corrected chi connectivity index (χ3v) is 4.64. The van der Waals surface area contributed by atoms with E-state index in [1.165, 1.54) is 10.6 Å². The van der Waals surface area contributed by atoms with Crippen molar-refractivity contribution in [1.29, 1.82) is 0 Å². The summed E-state index contributed by atoms with van der Waals surface area (Å²) in [6.07, 6.45) is 0.884. The Bertz CT molecular complexity index is 583. The number of amides is 2. The summed E-state index contributed by atoms with van der Waals surface area (Å²) in [5.74, 6) is 0.656. The molecule has 3 N–H and O–H groups in total. The van der Waals surface area contributed by atoms with Crippen molar-refractivity contribution < 1.29 is 19.2 Å². The summed E-state index contributed by atoms with van der Waals surface area (Å²) in [7, 11) is 1.66. The minimum Gasteiger partial charge on any atom is -0.497 e. The van der Waals surface area contributed by atoms with Crippen molar-refractivity contribution in [2.24, 2.45) is 0 Å². The Morgan fingerprint density at radius 3 is 2.46 bits per heavy atom. The van der Waals surface area contributed by atoms with Crippen LogP contribution in [0.4, 0.5) is 5.69 Å². The normalized spacial score (nSPS) is 16.0. The van der Waals surface area contributed by atoms with Gasteiger partial charge in [-0.1, -0.05) is 6.92 Å². The van der Waals surface area contributed by atoms with Gasteiger partial charge in [0.15, 0.2) is 6.54 Å². The highest BCUT2D eigenvalue weighted by Crippen LogP contribution is 2.18. The van der Waals surface area contributed by atoms with E-state index in [0.717, 1.165) is 38.3 Å². The molecule has 1 aromatic carbocycles. The van der Waals surface area contributed by atoms with Crippen molar-refractivity contribution in [2.75, 3.05) is 51.3 Å². The number of hydrogen-bond acceptors (Lipinski definition) is 4. The highest BCUT2D eigenvalue weighted by atomic mass is 16.5. The number of benzene rings is 1. The molecular weight excluding hydrogens is 332 g/mol. The van der Waals surface area contributed by atoms with Gasteiger partial charge in [-0.2, -0.15) is 0 Å². The molecule has 0 aliphatic carbocycles. The summed E-state index contributed by atoms with van der Waals surface area (Å²) >= 11 is 0. The molecule has 1 heterocycles. The second kappa shape index (κ2) is 10.0. The van der Waals surface area contributed by atoms with E-state index >= 15 is 0 Å². The number of carbonyl (C=O) groups is 2. The van der Waals surface area contributed by atoms with Crippen molar-refractivity contribution in [1.82, 2.24) is 10.6 Å². The SMILES string of the molecule is CCCNC(=O)[C@@H](C)NC(=O)C[NH+]1CCN(c2ccc(OC)cc2)CC1. The van der Waals surface area contributed by atoms with Crippen molar-refractivity contribution in [3.63, 3.8) is 0 Å². The largest absolute Gasteiger partial charge is 0.497 e. The summed E-state index contributed by atoms with van der Waals surface area (Å²) in [4.78, 5) is 27.6. The molecule has 2 rings (SSSR count). The van der Waals surface area contributed by atoms with Gasteiger partial charge in [-0.3, -0.25) is 9.59 Å². The third kappa shape index (κ3) is 5.91. The van der Waals surface area contributed by atoms with Crippen LogP contribution in [0.3, 0.4) is 0 Å². The summed E-state index contributed by atoms with van der Waals surface area (Å²) < 4.78 is 5.19. The van der Waals surface area contributed by atoms with E-state index in [9.17, 15) is 9.59 Å². The van der Waals surface area contributed by atoms with Gasteiger partial charge in [-0.15, -0.1) is 0 Å². The van der Waals surface area contributed by atoms with Crippen molar-refractivity contribution in [3.05, 3.63) is 24.3 Å². The fourth-order valence-electron chi connectivity index (χ4n) is 3.04. The summed E-state index contributed by atoms with van der Waals surface area (Å²) in [6, 6.07) is 7.56. The fourth-order valence-corrected chi connectivity index (χ4v) is 3.04. The van der Waals surface area contributed by atoms with Gasteiger partial charge in [-0.05, 0) is 37.6 Å². The molecule has 1 atom stereocenters. The molecule has 7 nitrogen and oxygen atoms in total. The monoisotopic (exact) mass is 363 g/mol. The highest BCUT2D eigenvalue weighted by Gasteiger charge is 2.24. The van der Waals surface area contributed by atoms with E-state index in [4.69, 9.17) is 4.74 Å². The van der Waals surface area contributed by atoms with Crippen LogP contribution in [0.25, 0.3) is 0 Å². The van der Waals surface area contributed by atoms with Crippen molar-refractivity contribution >= 4 is 17.5 Å². The summed E-state index contributed by atoms with van der Waals surface area (Å²) in [5, 5.41) is 5.59. The molecule has 1 saturated heterocycles. The first-order valence-electron chi connectivity index (χ1n) is 9.33. The summed E-state index contributed by atoms with van der Waals surface area (Å²) in [5.41, 5.74) is 1.18. The maximum atomic E-state index is 12.2. The molecule has 0 saturated carbocycles. The number of carbonyl (C=O) groups excluding carboxylic acids is 2. The molecule has 7 heteroatoms. The van der Waals surface area contributed by atoms with Crippen LogP contribution in [0, 0.1) is 0 Å². The molecular formula is C19H31N4O3+. The Morgan fingerprint density at radius 2 is 1.88 bits per heavy atom. The molecule has 1 aliphatic rings. The van der Waals surface area contributed by atoms with Crippen molar-refractivity contribution in [2.45, 2.75) is 26.3 Å². The Labute approximate surface area is 155 Å². The molecule has 2 amide bonds. The van der Waals surface area contributed by atoms with Crippen LogP contribution >= 0.6 is 0 Å². The van der Waals surface area contributed by atoms with Crippen LogP contribution in [-0.2, 0) is 9.59 Å². The number of nitrogens with zero attached hydrogens (tertiary/aromatic N) is 1. The molecule has 144 valence electrons. The summed E-state index contributed by atoms with van der Waals surface area (Å²) in [6.45, 7) is 8.37. The van der Waals surface area contributed by atoms with Gasteiger partial charge in [0.2, 0.25) is 5.91 Å². The predicted octanol–water partition coefficient (Wildman–Crippen LogP) is -0.569. The third-order valence-electron chi connectivity index (χ3n) is 4.64. The molecule has 0 aromatic heterocycles. The lowest BCUT2D eigenvalue weighted by Crippen LogP contribution is -3.16. The first-order valence-corrected chi connectivity index (χ1v) is 9.33. The predicted molar refractivity (Wildman–Crippen MR) is 102 cm³/mol. The molecule has 1 aliphatic heterocycles. The average molecular weight is 363 g/mol. The number of piperazine rings is 1. The Kier molecular flexibility index (Phi) is 7.72. The first-order chi connectivity index (χ1) is 12.5. The minimum atomic E-state index is -0.492. The smallest absolute Gasteiger partial charge is 0.275 e. The molecule has 1 aromatic rings. The maximum absolute atomic E-state index is 12.2. The van der Waals surface area contributed by atoms with E-state index in [2.05, 4.69) is 27.7 Å². The van der Waals surface area contributed by atoms with E-state index in [1.807, 2.05) is 19.1 Å². The van der Waals surface area contributed by atoms with Gasteiger partial charge >= 0.3 is 0 Å². The van der Waals surface area contributed by atoms with E-state index in [0.29, 0.717) is 13.1 Å². The Hall–Kier alpha value is -2.28. The molecule has 1 fully saturated rings. The zero-order valence-corrected chi connectivity index (χ0v) is 16.0. The quantitative estimate of drug-likeness (QED) is 0.578. The highest BCUT2D eigenvalue weighted by molar-refractivity contribution is 5.87. The van der Waals surface area contributed by atoms with Crippen LogP contribution in [0.2, 0.25) is 0 Å². The molecule has 0 unspecified atom stereocenters. The van der Waals surface area contributed by atoms with Gasteiger partial charge in [-0.25, -0.2) is 0 Å². The lowest BCUT2D eigenvalue weighted by atomic mass is 10.2. The minimum absolute atomic E-state index is 0.0722. The van der Waals surface area contributed by atoms with Gasteiger partial charge in [0.1, 0.15) is 11.8 Å². The lowest BCUT2D eigenvalue weighted by Gasteiger charge is -2.33. The number of anilines is 1. The molecule has 26 heavy (non-hydrogen) atoms. The zero-order valence-electron chi connectivity index (χ0n) is 16.0. The number of rotatable bonds is 8. The van der Waals surface area contributed by atoms with Gasteiger partial charge in [0.05, 0.1) is 33.3 Å². The molecule has 0 radical (unpaired) electrons. The number of nitrogens with one attached hydrogen (secondary N) is 3. The van der Waals surface area contributed by atoms with Crippen LogP contribution in [0.5, 0.6) is 5.75 Å². The molecule has 0 spiro atoms. The fraction of sp³-hybridized carbons (Fsp3) is 0.579. The van der Waals surface area contributed by atoms with Crippen LogP contribution in [0.1, 0.15) is 20.3 Å². The van der Waals surface area contributed by atoms with Gasteiger partial charge in [0.25, 0.3) is 5.91 Å². The second-order valence-electron chi connectivity index (χ2n) is 6.69. The van der Waals surface area contributed by atoms with Gasteiger partial charge in [0, 0.05) is 12.2 Å². The number of hydrogen-bond donors (Lipinski definition) is 3. The van der Waals surface area contributed by atoms with Crippen LogP contribution in [-0.4, -0.2) is 64.2 Å². The van der Waals surface area contributed by atoms with Crippen LogP contribution < -0.4 is 25.2 Å². The topological polar surface area (TPSA) is 75.1 Å². The number of ether oxygens (including phenoxy) is 1. The van der Waals surface area contributed by atoms with Crippen molar-refractivity contribution in [3.8, 4) is 5.75 Å². The Morgan fingerprint density at radius 1 is 1.23 bits per heavy atom. The standard InChI is InChI=1S/C19H30N4O3/c1-4-9-20-19(25)15(2)21-18(24)14-22-10-12-23(13-11-22)16-5-7-17(26-3)8-6-16/h5-8,15H,4,9-14H2,1-3H3,(H,20,25)(H,21,24)/p+1/t15-/m1/s1. The van der Waals surface area contributed by atoms with E-state index < -0.39 is 6.04 Å². The van der Waals surface area contributed by atoms with E-state index in [-0.39, 0.29) is 11.8 Å². The zero-order chi connectivity index (χ0) is 18.9. The maximum Gasteiger partial charge on any atom is 0.275 e. The van der Waals surface area contributed by atoms with Gasteiger partial charge < -0.3 is 25.2 Å². The number of methoxy groups -OCH3 is 1. The first kappa shape index (κ1) is 20.0. The molecule has 0 bridgehead atoms. The lowest BCUT2D eigenvalue weighted by molar-refractivity contribution is -0.892. The average Bonchev–Trinajstić information content (AvgIpc) is 2.66. The second-order valence-corrected chi connectivity index (χ2v) is 6.69. The number of quaternary nitrogens is 1. The van der Waals surface area contributed by atoms with E-state index in [1.54, 1.807) is 14.0 Å².